The van der Waals surface area contributed by atoms with E-state index in [9.17, 15) is 9.59 Å². The van der Waals surface area contributed by atoms with Gasteiger partial charge in [-0.3, -0.25) is 9.48 Å². The van der Waals surface area contributed by atoms with Crippen molar-refractivity contribution in [2.75, 3.05) is 26.4 Å². The lowest BCUT2D eigenvalue weighted by molar-refractivity contribution is 0.0151. The number of ether oxygens (including phenoxy) is 2. The highest BCUT2D eigenvalue weighted by atomic mass is 16.5. The number of hydrogen-bond donors (Lipinski definition) is 1. The zero-order chi connectivity index (χ0) is 21.8. The normalized spacial score (nSPS) is 18.7. The number of aromatic nitrogens is 2. The van der Waals surface area contributed by atoms with Gasteiger partial charge in [-0.2, -0.15) is 5.10 Å². The molecule has 1 amide bonds. The van der Waals surface area contributed by atoms with Crippen LogP contribution in [0, 0.1) is 11.3 Å². The number of nitrogens with one attached hydrogen (secondary N) is 1. The van der Waals surface area contributed by atoms with Crippen LogP contribution in [0.25, 0.3) is 0 Å². The Balaban J connectivity index is 1.51. The van der Waals surface area contributed by atoms with Gasteiger partial charge < -0.3 is 14.8 Å². The average molecular weight is 426 g/mol. The van der Waals surface area contributed by atoms with E-state index in [0.717, 1.165) is 49.4 Å². The second-order valence-corrected chi connectivity index (χ2v) is 8.85. The first-order valence-corrected chi connectivity index (χ1v) is 11.2. The Hall–Kier alpha value is -2.67. The Kier molecular flexibility index (Phi) is 6.41. The van der Waals surface area contributed by atoms with Crippen LogP contribution in [0.3, 0.4) is 0 Å². The van der Waals surface area contributed by atoms with Crippen LogP contribution in [0.2, 0.25) is 0 Å². The van der Waals surface area contributed by atoms with E-state index in [4.69, 9.17) is 14.6 Å². The van der Waals surface area contributed by atoms with Crippen molar-refractivity contribution in [3.8, 4) is 0 Å². The summed E-state index contributed by atoms with van der Waals surface area (Å²) in [4.78, 5) is 25.2. The lowest BCUT2D eigenvalue weighted by Crippen LogP contribution is -2.41. The number of benzene rings is 1. The van der Waals surface area contributed by atoms with Gasteiger partial charge in [0.2, 0.25) is 0 Å². The van der Waals surface area contributed by atoms with Gasteiger partial charge in [-0.25, -0.2) is 4.79 Å². The molecular formula is C24H31N3O4. The van der Waals surface area contributed by atoms with Crippen LogP contribution in [0.15, 0.2) is 30.3 Å². The maximum atomic E-state index is 12.9. The van der Waals surface area contributed by atoms with Crippen LogP contribution in [0.4, 0.5) is 0 Å². The van der Waals surface area contributed by atoms with Gasteiger partial charge in [0.1, 0.15) is 0 Å². The van der Waals surface area contributed by atoms with Gasteiger partial charge in [-0.15, -0.1) is 0 Å². The number of amides is 1. The minimum atomic E-state index is -0.318. The van der Waals surface area contributed by atoms with E-state index in [2.05, 4.69) is 5.32 Å². The quantitative estimate of drug-likeness (QED) is 0.720. The van der Waals surface area contributed by atoms with E-state index < -0.39 is 0 Å². The molecular weight excluding hydrogens is 394 g/mol. The predicted molar refractivity (Wildman–Crippen MR) is 116 cm³/mol. The molecule has 0 saturated carbocycles. The minimum absolute atomic E-state index is 0.0188. The number of fused-ring (bicyclic) bond motifs is 1. The second-order valence-electron chi connectivity index (χ2n) is 8.85. The molecule has 1 spiro atoms. The third kappa shape index (κ3) is 4.66. The summed E-state index contributed by atoms with van der Waals surface area (Å²) >= 11 is 0. The van der Waals surface area contributed by atoms with E-state index in [-0.39, 0.29) is 23.2 Å². The molecule has 0 unspecified atom stereocenters. The molecule has 2 aliphatic rings. The Bertz CT molecular complexity index is 932. The number of hydrogen-bond acceptors (Lipinski definition) is 5. The smallest absolute Gasteiger partial charge is 0.338 e. The van der Waals surface area contributed by atoms with Crippen LogP contribution >= 0.6 is 0 Å². The molecule has 1 fully saturated rings. The molecule has 2 aromatic rings. The topological polar surface area (TPSA) is 82.5 Å². The molecule has 7 nitrogen and oxygen atoms in total. The molecule has 2 aliphatic heterocycles. The van der Waals surface area contributed by atoms with Gasteiger partial charge in [0.15, 0.2) is 0 Å². The van der Waals surface area contributed by atoms with E-state index in [1.54, 1.807) is 12.1 Å². The van der Waals surface area contributed by atoms with E-state index in [1.165, 1.54) is 0 Å². The Morgan fingerprint density at radius 3 is 2.74 bits per heavy atom. The molecule has 1 atom stereocenters. The number of carbonyl (C=O) groups is 2. The van der Waals surface area contributed by atoms with E-state index >= 15 is 0 Å². The Morgan fingerprint density at radius 2 is 2.03 bits per heavy atom. The Labute approximate surface area is 183 Å². The molecule has 3 heterocycles. The molecule has 166 valence electrons. The second kappa shape index (κ2) is 9.22. The highest BCUT2D eigenvalue weighted by molar-refractivity contribution is 5.97. The van der Waals surface area contributed by atoms with Gasteiger partial charge in [0.05, 0.1) is 29.1 Å². The lowest BCUT2D eigenvalue weighted by atomic mass is 9.76. The summed E-state index contributed by atoms with van der Waals surface area (Å²) in [5.41, 5.74) is 3.15. The summed E-state index contributed by atoms with van der Waals surface area (Å²) < 4.78 is 13.1. The Morgan fingerprint density at radius 1 is 1.29 bits per heavy atom. The third-order valence-corrected chi connectivity index (χ3v) is 6.41. The first-order chi connectivity index (χ1) is 15.0. The molecule has 1 aromatic carbocycles. The van der Waals surface area contributed by atoms with Gasteiger partial charge in [-0.05, 0) is 43.2 Å². The maximum Gasteiger partial charge on any atom is 0.338 e. The van der Waals surface area contributed by atoms with Gasteiger partial charge >= 0.3 is 5.97 Å². The number of carbonyl (C=O) groups excluding carboxylic acids is 2. The van der Waals surface area contributed by atoms with Gasteiger partial charge in [0, 0.05) is 32.2 Å². The highest BCUT2D eigenvalue weighted by Crippen LogP contribution is 2.37. The molecule has 7 heteroatoms. The number of nitrogens with zero attached hydrogens (tertiary/aromatic N) is 2. The van der Waals surface area contributed by atoms with Crippen LogP contribution in [-0.4, -0.2) is 48.0 Å². The van der Waals surface area contributed by atoms with Crippen molar-refractivity contribution < 1.29 is 19.1 Å². The molecule has 1 aromatic heterocycles. The van der Waals surface area contributed by atoms with Crippen LogP contribution in [0.5, 0.6) is 0 Å². The fourth-order valence-corrected chi connectivity index (χ4v) is 4.55. The third-order valence-electron chi connectivity index (χ3n) is 6.41. The molecule has 0 aliphatic carbocycles. The summed E-state index contributed by atoms with van der Waals surface area (Å²) in [5, 5.41) is 7.93. The standard InChI is InChI=1S/C24H31N3O4/c1-3-19-21-20(13-24(16-25-22(21)28)9-11-30-12-10-24)27(26-19)14-17(2)15-31-23(29)18-7-5-4-6-8-18/h4-8,17H,3,9-16H2,1-2H3,(H,25,28)/t17-/m1/s1. The van der Waals surface area contributed by atoms with Crippen molar-refractivity contribution in [3.05, 3.63) is 52.8 Å². The summed E-state index contributed by atoms with van der Waals surface area (Å²) in [6.07, 6.45) is 3.39. The predicted octanol–water partition coefficient (Wildman–Crippen LogP) is 3.02. The van der Waals surface area contributed by atoms with Crippen molar-refractivity contribution >= 4 is 11.9 Å². The van der Waals surface area contributed by atoms with E-state index in [1.807, 2.05) is 36.7 Å². The molecule has 0 radical (unpaired) electrons. The first kappa shape index (κ1) is 21.6. The number of esters is 1. The molecule has 0 bridgehead atoms. The fraction of sp³-hybridized carbons (Fsp3) is 0.542. The molecule has 31 heavy (non-hydrogen) atoms. The fourth-order valence-electron chi connectivity index (χ4n) is 4.55. The van der Waals surface area contributed by atoms with Gasteiger partial charge in [-0.1, -0.05) is 32.0 Å². The lowest BCUT2D eigenvalue weighted by Gasteiger charge is -2.36. The maximum absolute atomic E-state index is 12.9. The molecule has 1 N–H and O–H groups in total. The molecule has 1 saturated heterocycles. The van der Waals surface area contributed by atoms with Crippen LogP contribution in [-0.2, 0) is 28.9 Å². The highest BCUT2D eigenvalue weighted by Gasteiger charge is 2.39. The average Bonchev–Trinajstić information content (AvgIpc) is 3.06. The number of rotatable bonds is 6. The summed E-state index contributed by atoms with van der Waals surface area (Å²) in [7, 11) is 0. The zero-order valence-corrected chi connectivity index (χ0v) is 18.4. The van der Waals surface area contributed by atoms with Crippen molar-refractivity contribution in [1.82, 2.24) is 15.1 Å². The zero-order valence-electron chi connectivity index (χ0n) is 18.4. The van der Waals surface area contributed by atoms with Crippen LogP contribution < -0.4 is 5.32 Å². The summed E-state index contributed by atoms with van der Waals surface area (Å²) in [6.45, 7) is 7.10. The largest absolute Gasteiger partial charge is 0.462 e. The first-order valence-electron chi connectivity index (χ1n) is 11.2. The van der Waals surface area contributed by atoms with E-state index in [0.29, 0.717) is 31.7 Å². The monoisotopic (exact) mass is 425 g/mol. The van der Waals surface area contributed by atoms with Crippen molar-refractivity contribution in [2.24, 2.45) is 11.3 Å². The molecule has 4 rings (SSSR count). The van der Waals surface area contributed by atoms with Crippen molar-refractivity contribution in [2.45, 2.75) is 46.1 Å². The number of aryl methyl sites for hydroxylation is 1. The van der Waals surface area contributed by atoms with Crippen molar-refractivity contribution in [1.29, 1.82) is 0 Å². The minimum Gasteiger partial charge on any atom is -0.462 e. The summed E-state index contributed by atoms with van der Waals surface area (Å²) in [6, 6.07) is 9.01. The van der Waals surface area contributed by atoms with Crippen LogP contribution in [0.1, 0.15) is 58.8 Å². The van der Waals surface area contributed by atoms with Gasteiger partial charge in [0.25, 0.3) is 5.91 Å². The van der Waals surface area contributed by atoms with Crippen molar-refractivity contribution in [3.63, 3.8) is 0 Å². The SMILES string of the molecule is CCc1nn(C[C@@H](C)COC(=O)c2ccccc2)c2c1C(=O)NCC1(CCOCC1)C2. The summed E-state index contributed by atoms with van der Waals surface area (Å²) in [5.74, 6) is -0.274.